The van der Waals surface area contributed by atoms with Crippen molar-refractivity contribution in [3.05, 3.63) is 70.2 Å². The molecular formula is C17H14ClNO2. The lowest BCUT2D eigenvalue weighted by Crippen LogP contribution is -2.22. The quantitative estimate of drug-likeness (QED) is 0.856. The molecular weight excluding hydrogens is 286 g/mol. The normalized spacial score (nSPS) is 9.62. The molecule has 0 spiro atoms. The molecule has 0 aromatic heterocycles. The summed E-state index contributed by atoms with van der Waals surface area (Å²) in [6.45, 7) is 0.232. The smallest absolute Gasteiger partial charge is 0.251 e. The number of hydrogen-bond donors (Lipinski definition) is 2. The molecule has 0 saturated heterocycles. The Kier molecular flexibility index (Phi) is 5.39. The fourth-order valence-corrected chi connectivity index (χ4v) is 2.01. The Balaban J connectivity index is 2.01. The number of carbonyl (C=O) groups excluding carboxylic acids is 1. The predicted octanol–water partition coefficient (Wildman–Crippen LogP) is 2.61. The van der Waals surface area contributed by atoms with Gasteiger partial charge in [0.25, 0.3) is 5.91 Å². The second kappa shape index (κ2) is 7.49. The van der Waals surface area contributed by atoms with E-state index >= 15 is 0 Å². The molecule has 2 rings (SSSR count). The first-order valence-electron chi connectivity index (χ1n) is 6.41. The van der Waals surface area contributed by atoms with Gasteiger partial charge in [-0.25, -0.2) is 0 Å². The van der Waals surface area contributed by atoms with Gasteiger partial charge in [-0.2, -0.15) is 0 Å². The van der Waals surface area contributed by atoms with Crippen LogP contribution in [-0.4, -0.2) is 17.6 Å². The maximum absolute atomic E-state index is 12.0. The van der Waals surface area contributed by atoms with Crippen LogP contribution in [0.25, 0.3) is 0 Å². The van der Waals surface area contributed by atoms with E-state index in [1.165, 1.54) is 0 Å². The van der Waals surface area contributed by atoms with Crippen molar-refractivity contribution in [2.24, 2.45) is 0 Å². The van der Waals surface area contributed by atoms with Crippen molar-refractivity contribution in [3.63, 3.8) is 0 Å². The molecule has 2 aromatic carbocycles. The number of amides is 1. The maximum atomic E-state index is 12.0. The Hall–Kier alpha value is -2.28. The van der Waals surface area contributed by atoms with Gasteiger partial charge in [-0.15, -0.1) is 0 Å². The van der Waals surface area contributed by atoms with Crippen LogP contribution in [0.1, 0.15) is 21.5 Å². The van der Waals surface area contributed by atoms with Crippen molar-refractivity contribution < 1.29 is 9.90 Å². The molecule has 2 N–H and O–H groups in total. The van der Waals surface area contributed by atoms with Gasteiger partial charge in [0.1, 0.15) is 6.61 Å². The van der Waals surface area contributed by atoms with E-state index in [2.05, 4.69) is 17.2 Å². The molecule has 0 aliphatic heterocycles. The number of hydrogen-bond acceptors (Lipinski definition) is 2. The third-order valence-corrected chi connectivity index (χ3v) is 3.01. The van der Waals surface area contributed by atoms with Crippen LogP contribution in [0.4, 0.5) is 0 Å². The highest BCUT2D eigenvalue weighted by Crippen LogP contribution is 2.11. The van der Waals surface area contributed by atoms with E-state index in [0.29, 0.717) is 17.1 Å². The average molecular weight is 300 g/mol. The molecule has 2 aromatic rings. The lowest BCUT2D eigenvalue weighted by atomic mass is 10.1. The molecule has 0 heterocycles. The molecule has 0 bridgehead atoms. The molecule has 0 aliphatic rings. The third-order valence-electron chi connectivity index (χ3n) is 2.78. The Bertz CT molecular complexity index is 701. The summed E-state index contributed by atoms with van der Waals surface area (Å²) >= 11 is 5.86. The van der Waals surface area contributed by atoms with Gasteiger partial charge in [0.05, 0.1) is 0 Å². The SMILES string of the molecule is O=C(NCc1cccc(C#CCO)c1)c1cccc(Cl)c1. The van der Waals surface area contributed by atoms with Crippen LogP contribution >= 0.6 is 11.6 Å². The fraction of sp³-hybridized carbons (Fsp3) is 0.118. The van der Waals surface area contributed by atoms with E-state index in [9.17, 15) is 4.79 Å². The lowest BCUT2D eigenvalue weighted by molar-refractivity contribution is 0.0951. The number of halogens is 1. The molecule has 0 saturated carbocycles. The van der Waals surface area contributed by atoms with Gasteiger partial charge in [-0.1, -0.05) is 41.6 Å². The Morgan fingerprint density at radius 2 is 2.00 bits per heavy atom. The van der Waals surface area contributed by atoms with Crippen molar-refractivity contribution in [1.82, 2.24) is 5.32 Å². The summed E-state index contributed by atoms with van der Waals surface area (Å²) in [4.78, 5) is 12.0. The van der Waals surface area contributed by atoms with E-state index < -0.39 is 0 Å². The van der Waals surface area contributed by atoms with Gasteiger partial charge < -0.3 is 10.4 Å². The van der Waals surface area contributed by atoms with Crippen molar-refractivity contribution in [2.45, 2.75) is 6.54 Å². The highest BCUT2D eigenvalue weighted by atomic mass is 35.5. The molecule has 1 amide bonds. The summed E-state index contributed by atoms with van der Waals surface area (Å²) in [5.41, 5.74) is 2.27. The van der Waals surface area contributed by atoms with Crippen molar-refractivity contribution in [1.29, 1.82) is 0 Å². The Labute approximate surface area is 128 Å². The molecule has 0 fully saturated rings. The van der Waals surface area contributed by atoms with Crippen LogP contribution in [0.3, 0.4) is 0 Å². The van der Waals surface area contributed by atoms with Gasteiger partial charge in [0.15, 0.2) is 0 Å². The molecule has 4 heteroatoms. The summed E-state index contributed by atoms with van der Waals surface area (Å²) in [7, 11) is 0. The van der Waals surface area contributed by atoms with Gasteiger partial charge in [0.2, 0.25) is 0 Å². The molecule has 106 valence electrons. The first-order valence-corrected chi connectivity index (χ1v) is 6.79. The topological polar surface area (TPSA) is 49.3 Å². The number of aliphatic hydroxyl groups is 1. The van der Waals surface area contributed by atoms with Crippen LogP contribution in [-0.2, 0) is 6.54 Å². The van der Waals surface area contributed by atoms with Crippen LogP contribution in [0.5, 0.6) is 0 Å². The molecule has 3 nitrogen and oxygen atoms in total. The van der Waals surface area contributed by atoms with Crippen LogP contribution in [0, 0.1) is 11.8 Å². The summed E-state index contributed by atoms with van der Waals surface area (Å²) in [5, 5.41) is 12.0. The van der Waals surface area contributed by atoms with E-state index in [1.807, 2.05) is 24.3 Å². The van der Waals surface area contributed by atoms with Crippen molar-refractivity contribution in [2.75, 3.05) is 6.61 Å². The number of rotatable bonds is 3. The first kappa shape index (κ1) is 15.1. The van der Waals surface area contributed by atoms with E-state index in [0.717, 1.165) is 11.1 Å². The second-order valence-corrected chi connectivity index (χ2v) is 4.79. The molecule has 0 unspecified atom stereocenters. The molecule has 21 heavy (non-hydrogen) atoms. The number of benzene rings is 2. The Morgan fingerprint density at radius 1 is 1.19 bits per heavy atom. The summed E-state index contributed by atoms with van der Waals surface area (Å²) < 4.78 is 0. The van der Waals surface area contributed by atoms with Gasteiger partial charge >= 0.3 is 0 Å². The van der Waals surface area contributed by atoms with Gasteiger partial charge in [0, 0.05) is 22.7 Å². The summed E-state index contributed by atoms with van der Waals surface area (Å²) in [5.74, 6) is 5.25. The van der Waals surface area contributed by atoms with E-state index in [4.69, 9.17) is 16.7 Å². The van der Waals surface area contributed by atoms with E-state index in [-0.39, 0.29) is 12.5 Å². The maximum Gasteiger partial charge on any atom is 0.251 e. The van der Waals surface area contributed by atoms with Gasteiger partial charge in [-0.05, 0) is 35.9 Å². The zero-order chi connectivity index (χ0) is 15.1. The highest BCUT2D eigenvalue weighted by molar-refractivity contribution is 6.30. The van der Waals surface area contributed by atoms with Crippen LogP contribution in [0.2, 0.25) is 5.02 Å². The van der Waals surface area contributed by atoms with E-state index in [1.54, 1.807) is 24.3 Å². The highest BCUT2D eigenvalue weighted by Gasteiger charge is 2.05. The van der Waals surface area contributed by atoms with Crippen molar-refractivity contribution >= 4 is 17.5 Å². The lowest BCUT2D eigenvalue weighted by Gasteiger charge is -2.06. The summed E-state index contributed by atoms with van der Waals surface area (Å²) in [6.07, 6.45) is 0. The Morgan fingerprint density at radius 3 is 2.76 bits per heavy atom. The largest absolute Gasteiger partial charge is 0.384 e. The summed E-state index contributed by atoms with van der Waals surface area (Å²) in [6, 6.07) is 14.3. The first-order chi connectivity index (χ1) is 10.2. The van der Waals surface area contributed by atoms with Gasteiger partial charge in [-0.3, -0.25) is 4.79 Å². The zero-order valence-corrected chi connectivity index (χ0v) is 12.0. The van der Waals surface area contributed by atoms with Crippen LogP contribution in [0.15, 0.2) is 48.5 Å². The minimum Gasteiger partial charge on any atom is -0.384 e. The standard InChI is InChI=1S/C17H14ClNO2/c18-16-8-2-7-15(11-16)17(21)19-12-14-5-1-4-13(10-14)6-3-9-20/h1-2,4-5,7-8,10-11,20H,9,12H2,(H,19,21). The predicted molar refractivity (Wildman–Crippen MR) is 83.0 cm³/mol. The number of nitrogens with one attached hydrogen (secondary N) is 1. The second-order valence-electron chi connectivity index (χ2n) is 4.35. The number of aliphatic hydroxyl groups excluding tert-OH is 1. The molecule has 0 atom stereocenters. The van der Waals surface area contributed by atoms with Crippen LogP contribution < -0.4 is 5.32 Å². The number of carbonyl (C=O) groups is 1. The zero-order valence-electron chi connectivity index (χ0n) is 11.3. The third kappa shape index (κ3) is 4.64. The van der Waals surface area contributed by atoms with Crippen molar-refractivity contribution in [3.8, 4) is 11.8 Å². The average Bonchev–Trinajstić information content (AvgIpc) is 2.51. The monoisotopic (exact) mass is 299 g/mol. The molecule has 0 aliphatic carbocycles. The molecule has 0 radical (unpaired) electrons. The minimum absolute atomic E-state index is 0.171. The minimum atomic E-state index is -0.177. The fourth-order valence-electron chi connectivity index (χ4n) is 1.81.